The molecule has 1 aromatic carbocycles. The van der Waals surface area contributed by atoms with Crippen LogP contribution >= 0.6 is 0 Å². The Morgan fingerprint density at radius 3 is 2.50 bits per heavy atom. The van der Waals surface area contributed by atoms with Crippen LogP contribution in [0.3, 0.4) is 0 Å². The van der Waals surface area contributed by atoms with Gasteiger partial charge in [-0.2, -0.15) is 0 Å². The van der Waals surface area contributed by atoms with E-state index in [-0.39, 0.29) is 5.82 Å². The second kappa shape index (κ2) is 13.6. The van der Waals surface area contributed by atoms with Gasteiger partial charge in [-0.3, -0.25) is 0 Å². The van der Waals surface area contributed by atoms with Crippen LogP contribution in [0, 0.1) is 11.7 Å². The molecule has 3 saturated heterocycles. The van der Waals surface area contributed by atoms with Crippen molar-refractivity contribution in [2.75, 3.05) is 81.0 Å². The number of hydrogen-bond donors (Lipinski definition) is 0. The van der Waals surface area contributed by atoms with E-state index in [1.807, 2.05) is 18.3 Å². The SMILES string of the molecule is COCCOCCOCC[C@@H]1CN(c2cc(N3CCCCC3)ccn2)[C@@H]2CCCN(c3cccc(F)c3)C12. The molecule has 2 aromatic rings. The van der Waals surface area contributed by atoms with Crippen LogP contribution in [0.15, 0.2) is 42.6 Å². The molecule has 3 fully saturated rings. The molecule has 38 heavy (non-hydrogen) atoms. The molecule has 0 radical (unpaired) electrons. The van der Waals surface area contributed by atoms with Gasteiger partial charge in [0.2, 0.25) is 0 Å². The molecule has 208 valence electrons. The summed E-state index contributed by atoms with van der Waals surface area (Å²) in [5.74, 6) is 1.29. The van der Waals surface area contributed by atoms with Gasteiger partial charge in [0, 0.05) is 69.5 Å². The third-order valence-electron chi connectivity index (χ3n) is 8.29. The number of rotatable bonds is 12. The number of halogens is 1. The third-order valence-corrected chi connectivity index (χ3v) is 8.29. The summed E-state index contributed by atoms with van der Waals surface area (Å²) in [6, 6.07) is 12.2. The second-order valence-corrected chi connectivity index (χ2v) is 10.7. The average Bonchev–Trinajstić information content (AvgIpc) is 3.34. The summed E-state index contributed by atoms with van der Waals surface area (Å²) in [7, 11) is 1.68. The van der Waals surface area contributed by atoms with Crippen molar-refractivity contribution in [1.82, 2.24) is 4.98 Å². The molecule has 5 rings (SSSR count). The van der Waals surface area contributed by atoms with Crippen molar-refractivity contribution in [3.63, 3.8) is 0 Å². The lowest BCUT2D eigenvalue weighted by atomic mass is 9.88. The summed E-state index contributed by atoms with van der Waals surface area (Å²) >= 11 is 0. The largest absolute Gasteiger partial charge is 0.382 e. The number of fused-ring (bicyclic) bond motifs is 1. The lowest BCUT2D eigenvalue weighted by Crippen LogP contribution is -2.52. The Bertz CT molecular complexity index is 1000. The molecule has 7 nitrogen and oxygen atoms in total. The van der Waals surface area contributed by atoms with Gasteiger partial charge < -0.3 is 28.9 Å². The van der Waals surface area contributed by atoms with Gasteiger partial charge in [0.15, 0.2) is 0 Å². The first-order valence-electron chi connectivity index (χ1n) is 14.4. The second-order valence-electron chi connectivity index (χ2n) is 10.7. The van der Waals surface area contributed by atoms with Gasteiger partial charge in [0.1, 0.15) is 11.6 Å². The summed E-state index contributed by atoms with van der Waals surface area (Å²) in [6.07, 6.45) is 8.97. The molecule has 0 N–H and O–H groups in total. The topological polar surface area (TPSA) is 50.3 Å². The van der Waals surface area contributed by atoms with Gasteiger partial charge >= 0.3 is 0 Å². The van der Waals surface area contributed by atoms with Gasteiger partial charge in [0.25, 0.3) is 0 Å². The van der Waals surface area contributed by atoms with Crippen molar-refractivity contribution >= 4 is 17.2 Å². The number of benzene rings is 1. The highest BCUT2D eigenvalue weighted by Crippen LogP contribution is 2.41. The number of methoxy groups -OCH3 is 1. The van der Waals surface area contributed by atoms with Crippen molar-refractivity contribution < 1.29 is 18.6 Å². The summed E-state index contributed by atoms with van der Waals surface area (Å²) in [6.45, 7) is 7.17. The van der Waals surface area contributed by atoms with E-state index in [1.54, 1.807) is 13.2 Å². The molecule has 3 aliphatic rings. The molecule has 8 heteroatoms. The van der Waals surface area contributed by atoms with E-state index < -0.39 is 0 Å². The fourth-order valence-corrected chi connectivity index (χ4v) is 6.50. The maximum absolute atomic E-state index is 14.2. The molecule has 0 amide bonds. The number of nitrogens with zero attached hydrogens (tertiary/aromatic N) is 4. The highest BCUT2D eigenvalue weighted by molar-refractivity contribution is 5.58. The monoisotopic (exact) mass is 526 g/mol. The van der Waals surface area contributed by atoms with E-state index in [1.165, 1.54) is 31.0 Å². The lowest BCUT2D eigenvalue weighted by molar-refractivity contribution is 0.0217. The summed E-state index contributed by atoms with van der Waals surface area (Å²) in [4.78, 5) is 12.3. The Morgan fingerprint density at radius 1 is 0.868 bits per heavy atom. The number of ether oxygens (including phenoxy) is 3. The molecule has 4 heterocycles. The quantitative estimate of drug-likeness (QED) is 0.370. The highest BCUT2D eigenvalue weighted by Gasteiger charge is 2.47. The van der Waals surface area contributed by atoms with E-state index in [4.69, 9.17) is 19.2 Å². The van der Waals surface area contributed by atoms with Crippen LogP contribution < -0.4 is 14.7 Å². The van der Waals surface area contributed by atoms with E-state index in [2.05, 4.69) is 26.8 Å². The Labute approximate surface area is 226 Å². The average molecular weight is 527 g/mol. The van der Waals surface area contributed by atoms with Crippen LogP contribution in [0.5, 0.6) is 0 Å². The Morgan fingerprint density at radius 2 is 1.68 bits per heavy atom. The molecule has 0 bridgehead atoms. The zero-order valence-electron chi connectivity index (χ0n) is 22.8. The standard InChI is InChI=1S/C30H43FN4O3/c1-36-17-18-38-20-19-37-16-11-24-23-35(29-22-26(10-12-32-29)33-13-3-2-4-14-33)28-9-6-15-34(30(24)28)27-8-5-7-25(31)21-27/h5,7-8,10,12,21-22,24,28,30H,2-4,6,9,11,13-20,23H2,1H3/t24-,28-,30?/m1/s1. The molecule has 0 aliphatic carbocycles. The minimum absolute atomic E-state index is 0.177. The minimum Gasteiger partial charge on any atom is -0.382 e. The zero-order chi connectivity index (χ0) is 26.2. The maximum atomic E-state index is 14.2. The van der Waals surface area contributed by atoms with Gasteiger partial charge in [0.05, 0.1) is 38.5 Å². The first kappa shape index (κ1) is 27.2. The van der Waals surface area contributed by atoms with Gasteiger partial charge in [-0.25, -0.2) is 9.37 Å². The smallest absolute Gasteiger partial charge is 0.130 e. The van der Waals surface area contributed by atoms with E-state index in [9.17, 15) is 4.39 Å². The summed E-state index contributed by atoms with van der Waals surface area (Å²) in [5, 5.41) is 0. The minimum atomic E-state index is -0.177. The van der Waals surface area contributed by atoms with Crippen molar-refractivity contribution in [2.45, 2.75) is 50.6 Å². The first-order valence-corrected chi connectivity index (χ1v) is 14.4. The van der Waals surface area contributed by atoms with E-state index in [0.717, 1.165) is 56.9 Å². The maximum Gasteiger partial charge on any atom is 0.130 e. The van der Waals surface area contributed by atoms with Crippen LogP contribution in [-0.4, -0.2) is 83.4 Å². The van der Waals surface area contributed by atoms with Crippen molar-refractivity contribution in [1.29, 1.82) is 0 Å². The van der Waals surface area contributed by atoms with Crippen LogP contribution in [0.1, 0.15) is 38.5 Å². The Kier molecular flexibility index (Phi) is 9.71. The third kappa shape index (κ3) is 6.58. The fourth-order valence-electron chi connectivity index (χ4n) is 6.50. The Hall–Kier alpha value is -2.42. The predicted octanol–water partition coefficient (Wildman–Crippen LogP) is 4.75. The summed E-state index contributed by atoms with van der Waals surface area (Å²) < 4.78 is 30.8. The normalized spacial score (nSPS) is 23.6. The number of pyridine rings is 1. The number of anilines is 3. The molecule has 1 aromatic heterocycles. The molecule has 3 aliphatic heterocycles. The Balaban J connectivity index is 1.31. The fraction of sp³-hybridized carbons (Fsp3) is 0.633. The molecule has 3 atom stereocenters. The predicted molar refractivity (Wildman–Crippen MR) is 150 cm³/mol. The molecular weight excluding hydrogens is 483 g/mol. The first-order chi connectivity index (χ1) is 18.7. The highest BCUT2D eigenvalue weighted by atomic mass is 19.1. The molecule has 1 unspecified atom stereocenters. The van der Waals surface area contributed by atoms with Crippen LogP contribution in [-0.2, 0) is 14.2 Å². The van der Waals surface area contributed by atoms with Crippen molar-refractivity contribution in [3.05, 3.63) is 48.4 Å². The van der Waals surface area contributed by atoms with Crippen molar-refractivity contribution in [3.8, 4) is 0 Å². The van der Waals surface area contributed by atoms with Gasteiger partial charge in [-0.05, 0) is 62.8 Å². The summed E-state index contributed by atoms with van der Waals surface area (Å²) in [5.41, 5.74) is 2.26. The molecule has 0 saturated carbocycles. The number of piperidine rings is 2. The molecular formula is C30H43FN4O3. The van der Waals surface area contributed by atoms with Crippen molar-refractivity contribution in [2.24, 2.45) is 5.92 Å². The van der Waals surface area contributed by atoms with Crippen LogP contribution in [0.2, 0.25) is 0 Å². The van der Waals surface area contributed by atoms with Crippen LogP contribution in [0.25, 0.3) is 0 Å². The van der Waals surface area contributed by atoms with E-state index >= 15 is 0 Å². The van der Waals surface area contributed by atoms with Crippen LogP contribution in [0.4, 0.5) is 21.6 Å². The lowest BCUT2D eigenvalue weighted by Gasteiger charge is -2.43. The van der Waals surface area contributed by atoms with Gasteiger partial charge in [-0.15, -0.1) is 0 Å². The number of aromatic nitrogens is 1. The number of hydrogen-bond acceptors (Lipinski definition) is 7. The zero-order valence-corrected chi connectivity index (χ0v) is 22.8. The molecule has 0 spiro atoms. The van der Waals surface area contributed by atoms with Gasteiger partial charge in [-0.1, -0.05) is 6.07 Å². The van der Waals surface area contributed by atoms with E-state index in [0.29, 0.717) is 51.0 Å².